The minimum Gasteiger partial charge on any atom is -0.378 e. The van der Waals surface area contributed by atoms with E-state index in [4.69, 9.17) is 4.74 Å². The van der Waals surface area contributed by atoms with Crippen molar-refractivity contribution in [3.8, 4) is 0 Å². The highest BCUT2D eigenvalue weighted by Crippen LogP contribution is 2.10. The van der Waals surface area contributed by atoms with Gasteiger partial charge in [-0.15, -0.1) is 24.8 Å². The predicted molar refractivity (Wildman–Crippen MR) is 95.9 cm³/mol. The third-order valence-electron chi connectivity index (χ3n) is 4.72. The van der Waals surface area contributed by atoms with Crippen LogP contribution in [0, 0.1) is 0 Å². The number of carbonyl (C=O) groups is 2. The second kappa shape index (κ2) is 10.4. The summed E-state index contributed by atoms with van der Waals surface area (Å²) in [6, 6.07) is -0.222. The number of halogens is 2. The van der Waals surface area contributed by atoms with Crippen molar-refractivity contribution >= 4 is 36.6 Å². The average molecular weight is 383 g/mol. The number of amides is 2. The van der Waals surface area contributed by atoms with Gasteiger partial charge in [-0.05, 0) is 25.9 Å². The molecule has 0 aromatic heterocycles. The molecule has 3 aliphatic rings. The van der Waals surface area contributed by atoms with E-state index >= 15 is 0 Å². The molecule has 2 amide bonds. The molecule has 0 bridgehead atoms. The second-order valence-electron chi connectivity index (χ2n) is 6.27. The van der Waals surface area contributed by atoms with Gasteiger partial charge >= 0.3 is 0 Å². The second-order valence-corrected chi connectivity index (χ2v) is 6.27. The highest BCUT2D eigenvalue weighted by atomic mass is 35.5. The number of ether oxygens (including phenoxy) is 1. The zero-order valence-electron chi connectivity index (χ0n) is 13.9. The summed E-state index contributed by atoms with van der Waals surface area (Å²) >= 11 is 0. The molecule has 0 aromatic rings. The van der Waals surface area contributed by atoms with Crippen LogP contribution < -0.4 is 5.32 Å². The van der Waals surface area contributed by atoms with Gasteiger partial charge in [0, 0.05) is 32.7 Å². The van der Waals surface area contributed by atoms with Crippen molar-refractivity contribution in [2.24, 2.45) is 0 Å². The summed E-state index contributed by atoms with van der Waals surface area (Å²) < 4.78 is 5.35. The molecule has 0 spiro atoms. The molecule has 0 aromatic carbocycles. The number of rotatable bonds is 3. The van der Waals surface area contributed by atoms with Crippen molar-refractivity contribution in [2.75, 3.05) is 65.6 Å². The normalized spacial score (nSPS) is 24.9. The van der Waals surface area contributed by atoms with Crippen LogP contribution in [0.4, 0.5) is 0 Å². The van der Waals surface area contributed by atoms with E-state index in [0.717, 1.165) is 19.6 Å². The Balaban J connectivity index is 0.00000144. The summed E-state index contributed by atoms with van der Waals surface area (Å²) in [6.07, 6.45) is 2.40. The Morgan fingerprint density at radius 2 is 1.58 bits per heavy atom. The molecule has 3 aliphatic heterocycles. The number of nitrogens with zero attached hydrogens (tertiary/aromatic N) is 3. The van der Waals surface area contributed by atoms with E-state index in [1.54, 1.807) is 0 Å². The fourth-order valence-electron chi connectivity index (χ4n) is 3.35. The zero-order valence-corrected chi connectivity index (χ0v) is 15.6. The van der Waals surface area contributed by atoms with Crippen LogP contribution in [0.1, 0.15) is 12.8 Å². The number of carbonyl (C=O) groups excluding carboxylic acids is 2. The molecule has 0 saturated carbocycles. The maximum absolute atomic E-state index is 12.4. The lowest BCUT2D eigenvalue weighted by Gasteiger charge is -2.37. The third-order valence-corrected chi connectivity index (χ3v) is 4.72. The fraction of sp³-hybridized carbons (Fsp3) is 0.867. The molecule has 3 rings (SSSR count). The van der Waals surface area contributed by atoms with Gasteiger partial charge in [0.25, 0.3) is 0 Å². The summed E-state index contributed by atoms with van der Waals surface area (Å²) in [5.41, 5.74) is 0. The first-order valence-corrected chi connectivity index (χ1v) is 8.34. The number of nitrogens with one attached hydrogen (secondary N) is 1. The maximum Gasteiger partial charge on any atom is 0.242 e. The van der Waals surface area contributed by atoms with Crippen LogP contribution in [0.2, 0.25) is 0 Å². The number of likely N-dealkylation sites (tertiary alicyclic amines) is 1. The monoisotopic (exact) mass is 382 g/mol. The number of hydrogen-bond acceptors (Lipinski definition) is 5. The third kappa shape index (κ3) is 5.46. The Bertz CT molecular complexity index is 408. The molecule has 3 fully saturated rings. The minimum absolute atomic E-state index is 0. The molecule has 1 N–H and O–H groups in total. The van der Waals surface area contributed by atoms with Gasteiger partial charge in [-0.3, -0.25) is 14.5 Å². The van der Waals surface area contributed by atoms with E-state index < -0.39 is 0 Å². The molecule has 0 aliphatic carbocycles. The van der Waals surface area contributed by atoms with Crippen LogP contribution in [0.25, 0.3) is 0 Å². The van der Waals surface area contributed by atoms with Crippen LogP contribution in [-0.2, 0) is 14.3 Å². The highest BCUT2D eigenvalue weighted by Gasteiger charge is 2.30. The lowest BCUT2D eigenvalue weighted by atomic mass is 10.2. The zero-order chi connectivity index (χ0) is 15.4. The molecule has 1 unspecified atom stereocenters. The van der Waals surface area contributed by atoms with Gasteiger partial charge < -0.3 is 19.9 Å². The fourth-order valence-corrected chi connectivity index (χ4v) is 3.35. The Kier molecular flexibility index (Phi) is 9.30. The summed E-state index contributed by atoms with van der Waals surface area (Å²) in [5, 5.41) is 3.19. The van der Waals surface area contributed by atoms with Crippen LogP contribution in [0.5, 0.6) is 0 Å². The molecular formula is C15H28Cl2N4O3. The molecule has 0 radical (unpaired) electrons. The van der Waals surface area contributed by atoms with Crippen molar-refractivity contribution in [3.63, 3.8) is 0 Å². The van der Waals surface area contributed by atoms with Crippen molar-refractivity contribution in [1.29, 1.82) is 0 Å². The van der Waals surface area contributed by atoms with Gasteiger partial charge in [0.05, 0.1) is 19.8 Å². The van der Waals surface area contributed by atoms with E-state index in [1.165, 1.54) is 12.8 Å². The standard InChI is InChI=1S/C15H26N4O3.2ClH/c20-14(11-17-4-1-2-5-17)18-6-8-19(9-7-18)15(21)13-12-22-10-3-16-13;;/h13,16H,1-12H2;2*1H. The Morgan fingerprint density at radius 3 is 2.17 bits per heavy atom. The molecular weight excluding hydrogens is 355 g/mol. The molecule has 24 heavy (non-hydrogen) atoms. The van der Waals surface area contributed by atoms with Gasteiger partial charge in [-0.1, -0.05) is 0 Å². The average Bonchev–Trinajstić information content (AvgIpc) is 3.08. The highest BCUT2D eigenvalue weighted by molar-refractivity contribution is 5.85. The first-order chi connectivity index (χ1) is 10.7. The predicted octanol–water partition coefficient (Wildman–Crippen LogP) is -0.415. The SMILES string of the molecule is Cl.Cl.O=C(CN1CCCC1)N1CCN(C(=O)C2COCCN2)CC1. The number of morpholine rings is 1. The van der Waals surface area contributed by atoms with Gasteiger partial charge in [0.15, 0.2) is 0 Å². The molecule has 9 heteroatoms. The van der Waals surface area contributed by atoms with E-state index in [2.05, 4.69) is 10.2 Å². The Morgan fingerprint density at radius 1 is 0.958 bits per heavy atom. The van der Waals surface area contributed by atoms with Crippen LogP contribution >= 0.6 is 24.8 Å². The molecule has 3 heterocycles. The van der Waals surface area contributed by atoms with E-state index in [-0.39, 0.29) is 42.7 Å². The minimum atomic E-state index is -0.222. The molecule has 140 valence electrons. The topological polar surface area (TPSA) is 65.1 Å². The summed E-state index contributed by atoms with van der Waals surface area (Å²) in [7, 11) is 0. The molecule has 3 saturated heterocycles. The summed E-state index contributed by atoms with van der Waals surface area (Å²) in [6.45, 7) is 7.00. The summed E-state index contributed by atoms with van der Waals surface area (Å²) in [5.74, 6) is 0.305. The van der Waals surface area contributed by atoms with E-state index in [0.29, 0.717) is 45.9 Å². The number of piperazine rings is 1. The lowest BCUT2D eigenvalue weighted by molar-refractivity contribution is -0.143. The van der Waals surface area contributed by atoms with Crippen molar-refractivity contribution in [3.05, 3.63) is 0 Å². The van der Waals surface area contributed by atoms with Crippen LogP contribution in [0.3, 0.4) is 0 Å². The molecule has 7 nitrogen and oxygen atoms in total. The number of hydrogen-bond donors (Lipinski definition) is 1. The van der Waals surface area contributed by atoms with Crippen molar-refractivity contribution < 1.29 is 14.3 Å². The van der Waals surface area contributed by atoms with Crippen LogP contribution in [0.15, 0.2) is 0 Å². The van der Waals surface area contributed by atoms with E-state index in [9.17, 15) is 9.59 Å². The Labute approximate surface area is 155 Å². The first kappa shape index (κ1) is 21.4. The largest absolute Gasteiger partial charge is 0.378 e. The first-order valence-electron chi connectivity index (χ1n) is 8.34. The summed E-state index contributed by atoms with van der Waals surface area (Å²) in [4.78, 5) is 30.6. The smallest absolute Gasteiger partial charge is 0.242 e. The van der Waals surface area contributed by atoms with Crippen LogP contribution in [-0.4, -0.2) is 98.1 Å². The lowest BCUT2D eigenvalue weighted by Crippen LogP contribution is -2.58. The van der Waals surface area contributed by atoms with Crippen molar-refractivity contribution in [1.82, 2.24) is 20.0 Å². The van der Waals surface area contributed by atoms with Gasteiger partial charge in [0.1, 0.15) is 6.04 Å². The van der Waals surface area contributed by atoms with E-state index in [1.807, 2.05) is 9.80 Å². The maximum atomic E-state index is 12.4. The van der Waals surface area contributed by atoms with Crippen molar-refractivity contribution in [2.45, 2.75) is 18.9 Å². The molecule has 1 atom stereocenters. The Hall–Kier alpha value is -0.600. The quantitative estimate of drug-likeness (QED) is 0.718. The van der Waals surface area contributed by atoms with Gasteiger partial charge in [-0.2, -0.15) is 0 Å². The van der Waals surface area contributed by atoms with Gasteiger partial charge in [-0.25, -0.2) is 0 Å². The van der Waals surface area contributed by atoms with Gasteiger partial charge in [0.2, 0.25) is 11.8 Å².